The molecule has 6 nitrogen and oxygen atoms in total. The van der Waals surface area contributed by atoms with E-state index in [2.05, 4.69) is 6.92 Å². The molecule has 156 valence electrons. The van der Waals surface area contributed by atoms with Gasteiger partial charge in [-0.25, -0.2) is 9.59 Å². The van der Waals surface area contributed by atoms with Gasteiger partial charge in [0.15, 0.2) is 11.5 Å². The first-order valence-corrected chi connectivity index (χ1v) is 9.89. The number of hydrogen-bond donors (Lipinski definition) is 0. The van der Waals surface area contributed by atoms with Crippen LogP contribution in [0.25, 0.3) is 0 Å². The smallest absolute Gasteiger partial charge is 0.336 e. The van der Waals surface area contributed by atoms with Crippen LogP contribution in [0, 0.1) is 0 Å². The first-order valence-electron chi connectivity index (χ1n) is 9.89. The monoisotopic (exact) mass is 392 g/mol. The van der Waals surface area contributed by atoms with Crippen LogP contribution in [0.4, 0.5) is 0 Å². The minimum Gasteiger partial charge on any atom is -0.493 e. The van der Waals surface area contributed by atoms with Crippen molar-refractivity contribution in [2.24, 2.45) is 0 Å². The fourth-order valence-electron chi connectivity index (χ4n) is 2.62. The molecule has 0 amide bonds. The first-order chi connectivity index (χ1) is 13.6. The third-order valence-corrected chi connectivity index (χ3v) is 4.17. The van der Waals surface area contributed by atoms with Crippen LogP contribution in [-0.4, -0.2) is 32.8 Å². The van der Waals surface area contributed by atoms with Gasteiger partial charge in [0.05, 0.1) is 20.8 Å². The molecule has 0 N–H and O–H groups in total. The summed E-state index contributed by atoms with van der Waals surface area (Å²) in [5, 5.41) is 0. The highest BCUT2D eigenvalue weighted by Crippen LogP contribution is 2.30. The van der Waals surface area contributed by atoms with Crippen LogP contribution in [0.15, 0.2) is 30.4 Å². The van der Waals surface area contributed by atoms with E-state index in [0.29, 0.717) is 23.9 Å². The van der Waals surface area contributed by atoms with Crippen LogP contribution in [-0.2, 0) is 14.3 Å². The predicted octanol–water partition coefficient (Wildman–Crippen LogP) is 4.85. The lowest BCUT2D eigenvalue weighted by Crippen LogP contribution is -2.07. The number of carbonyl (C=O) groups is 2. The van der Waals surface area contributed by atoms with E-state index in [4.69, 9.17) is 18.9 Å². The first kappa shape index (κ1) is 23.5. The number of carbonyl (C=O) groups excluding carboxylic acids is 2. The number of unbranched alkanes of at least 4 members (excludes halogenated alkanes) is 7. The number of ether oxygens (including phenoxy) is 4. The molecule has 0 aromatic heterocycles. The number of benzene rings is 1. The van der Waals surface area contributed by atoms with Gasteiger partial charge in [0, 0.05) is 18.2 Å². The van der Waals surface area contributed by atoms with Crippen molar-refractivity contribution >= 4 is 11.9 Å². The molecule has 0 fully saturated rings. The fraction of sp³-hybridized carbons (Fsp3) is 0.545. The number of methoxy groups -OCH3 is 2. The van der Waals surface area contributed by atoms with Gasteiger partial charge in [-0.05, 0) is 18.6 Å². The van der Waals surface area contributed by atoms with E-state index in [1.807, 2.05) is 0 Å². The molecule has 0 unspecified atom stereocenters. The SMILES string of the molecule is CCCCCCCCCCOC(=O)/C=C/C(=O)Oc1ccc(OC)c(OC)c1. The Morgan fingerprint density at radius 3 is 2.07 bits per heavy atom. The molecule has 1 aromatic carbocycles. The summed E-state index contributed by atoms with van der Waals surface area (Å²) in [6.07, 6.45) is 11.5. The number of hydrogen-bond acceptors (Lipinski definition) is 6. The molecule has 1 aromatic rings. The molecule has 0 saturated carbocycles. The van der Waals surface area contributed by atoms with E-state index < -0.39 is 11.9 Å². The minimum atomic E-state index is -0.670. The van der Waals surface area contributed by atoms with Crippen molar-refractivity contribution in [3.63, 3.8) is 0 Å². The maximum Gasteiger partial charge on any atom is 0.336 e. The highest BCUT2D eigenvalue weighted by atomic mass is 16.5. The van der Waals surface area contributed by atoms with Gasteiger partial charge in [-0.15, -0.1) is 0 Å². The predicted molar refractivity (Wildman–Crippen MR) is 108 cm³/mol. The molecule has 0 aliphatic rings. The van der Waals surface area contributed by atoms with E-state index in [1.165, 1.54) is 52.4 Å². The molecule has 6 heteroatoms. The molecule has 0 atom stereocenters. The highest BCUT2D eigenvalue weighted by molar-refractivity contribution is 5.92. The Labute approximate surface area is 167 Å². The quantitative estimate of drug-likeness (QED) is 0.195. The molecule has 28 heavy (non-hydrogen) atoms. The Hall–Kier alpha value is -2.50. The Balaban J connectivity index is 2.22. The molecule has 0 bridgehead atoms. The summed E-state index contributed by atoms with van der Waals surface area (Å²) < 4.78 is 20.5. The summed E-state index contributed by atoms with van der Waals surface area (Å²) in [6, 6.07) is 4.74. The standard InChI is InChI=1S/C22H32O6/c1-4-5-6-7-8-9-10-11-16-27-21(23)14-15-22(24)28-18-12-13-19(25-2)20(17-18)26-3/h12-15,17H,4-11,16H2,1-3H3/b15-14+. The lowest BCUT2D eigenvalue weighted by atomic mass is 10.1. The maximum atomic E-state index is 11.8. The zero-order chi connectivity index (χ0) is 20.6. The largest absolute Gasteiger partial charge is 0.493 e. The molecular weight excluding hydrogens is 360 g/mol. The van der Waals surface area contributed by atoms with Crippen LogP contribution >= 0.6 is 0 Å². The van der Waals surface area contributed by atoms with E-state index >= 15 is 0 Å². The molecular formula is C22H32O6. The van der Waals surface area contributed by atoms with Gasteiger partial charge in [-0.1, -0.05) is 51.9 Å². The Morgan fingerprint density at radius 2 is 1.43 bits per heavy atom. The Morgan fingerprint density at radius 1 is 0.821 bits per heavy atom. The van der Waals surface area contributed by atoms with E-state index in [9.17, 15) is 9.59 Å². The van der Waals surface area contributed by atoms with E-state index in [0.717, 1.165) is 31.4 Å². The summed E-state index contributed by atoms with van der Waals surface area (Å²) >= 11 is 0. The number of esters is 2. The summed E-state index contributed by atoms with van der Waals surface area (Å²) in [6.45, 7) is 2.57. The van der Waals surface area contributed by atoms with E-state index in [-0.39, 0.29) is 0 Å². The van der Waals surface area contributed by atoms with Crippen LogP contribution in [0.5, 0.6) is 17.2 Å². The second-order valence-electron chi connectivity index (χ2n) is 6.41. The van der Waals surface area contributed by atoms with E-state index in [1.54, 1.807) is 12.1 Å². The second kappa shape index (κ2) is 14.5. The summed E-state index contributed by atoms with van der Waals surface area (Å²) in [7, 11) is 3.01. The van der Waals surface area contributed by atoms with Crippen molar-refractivity contribution in [3.8, 4) is 17.2 Å². The van der Waals surface area contributed by atoms with Gasteiger partial charge in [-0.2, -0.15) is 0 Å². The Bertz CT molecular complexity index is 623. The average Bonchev–Trinajstić information content (AvgIpc) is 2.71. The van der Waals surface area contributed by atoms with Crippen molar-refractivity contribution in [1.29, 1.82) is 0 Å². The Kier molecular flexibility index (Phi) is 12.2. The molecule has 0 aliphatic carbocycles. The lowest BCUT2D eigenvalue weighted by molar-refractivity contribution is -0.138. The topological polar surface area (TPSA) is 71.1 Å². The van der Waals surface area contributed by atoms with Gasteiger partial charge < -0.3 is 18.9 Å². The van der Waals surface area contributed by atoms with Crippen molar-refractivity contribution in [2.75, 3.05) is 20.8 Å². The second-order valence-corrected chi connectivity index (χ2v) is 6.41. The zero-order valence-corrected chi connectivity index (χ0v) is 17.2. The van der Waals surface area contributed by atoms with Gasteiger partial charge in [0.25, 0.3) is 0 Å². The molecule has 0 saturated heterocycles. The summed E-state index contributed by atoms with van der Waals surface area (Å²) in [5.41, 5.74) is 0. The average molecular weight is 392 g/mol. The fourth-order valence-corrected chi connectivity index (χ4v) is 2.62. The maximum absolute atomic E-state index is 11.8. The summed E-state index contributed by atoms with van der Waals surface area (Å²) in [5.74, 6) is 0.0481. The normalized spacial score (nSPS) is 10.7. The van der Waals surface area contributed by atoms with Gasteiger partial charge in [-0.3, -0.25) is 0 Å². The van der Waals surface area contributed by atoms with Crippen molar-refractivity contribution in [3.05, 3.63) is 30.4 Å². The van der Waals surface area contributed by atoms with Crippen LogP contribution in [0.1, 0.15) is 58.3 Å². The molecule has 0 radical (unpaired) electrons. The molecule has 0 aliphatic heterocycles. The third kappa shape index (κ3) is 10.00. The molecule has 0 heterocycles. The van der Waals surface area contributed by atoms with Crippen LogP contribution in [0.2, 0.25) is 0 Å². The van der Waals surface area contributed by atoms with Crippen LogP contribution < -0.4 is 14.2 Å². The molecule has 1 rings (SSSR count). The van der Waals surface area contributed by atoms with Crippen LogP contribution in [0.3, 0.4) is 0 Å². The van der Waals surface area contributed by atoms with Crippen molar-refractivity contribution < 1.29 is 28.5 Å². The lowest BCUT2D eigenvalue weighted by Gasteiger charge is -2.08. The van der Waals surface area contributed by atoms with Crippen molar-refractivity contribution in [1.82, 2.24) is 0 Å². The minimum absolute atomic E-state index is 0.291. The third-order valence-electron chi connectivity index (χ3n) is 4.17. The molecule has 0 spiro atoms. The van der Waals surface area contributed by atoms with Crippen molar-refractivity contribution in [2.45, 2.75) is 58.3 Å². The zero-order valence-electron chi connectivity index (χ0n) is 17.2. The number of rotatable bonds is 14. The van der Waals surface area contributed by atoms with Gasteiger partial charge >= 0.3 is 11.9 Å². The van der Waals surface area contributed by atoms with Gasteiger partial charge in [0.2, 0.25) is 0 Å². The highest BCUT2D eigenvalue weighted by Gasteiger charge is 2.08. The summed E-state index contributed by atoms with van der Waals surface area (Å²) in [4.78, 5) is 23.4. The van der Waals surface area contributed by atoms with Gasteiger partial charge in [0.1, 0.15) is 5.75 Å².